The van der Waals surface area contributed by atoms with Gasteiger partial charge in [0.25, 0.3) is 0 Å². The number of nitrogens with zero attached hydrogens (tertiary/aromatic N) is 2. The summed E-state index contributed by atoms with van der Waals surface area (Å²) in [5.41, 5.74) is 0.0405. The van der Waals surface area contributed by atoms with E-state index in [2.05, 4.69) is 0 Å². The van der Waals surface area contributed by atoms with Crippen LogP contribution in [0.3, 0.4) is 0 Å². The predicted molar refractivity (Wildman–Crippen MR) is 72.1 cm³/mol. The Kier molecular flexibility index (Phi) is 4.39. The van der Waals surface area contributed by atoms with Crippen LogP contribution in [-0.2, 0) is 14.4 Å². The van der Waals surface area contributed by atoms with Gasteiger partial charge < -0.3 is 14.9 Å². The fourth-order valence-electron chi connectivity index (χ4n) is 2.41. The molecule has 0 radical (unpaired) electrons. The lowest BCUT2D eigenvalue weighted by Gasteiger charge is -2.20. The second kappa shape index (κ2) is 6.08. The number of likely N-dealkylation sites (N-methyl/N-ethyl adjacent to an activating group) is 1. The van der Waals surface area contributed by atoms with Gasteiger partial charge in [-0.25, -0.2) is 8.78 Å². The Morgan fingerprint density at radius 3 is 2.45 bits per heavy atom. The van der Waals surface area contributed by atoms with E-state index in [4.69, 9.17) is 5.11 Å². The fourth-order valence-corrected chi connectivity index (χ4v) is 2.41. The largest absolute Gasteiger partial charge is 0.480 e. The molecule has 0 bridgehead atoms. The average Bonchev–Trinajstić information content (AvgIpc) is 2.77. The molecule has 1 saturated heterocycles. The summed E-state index contributed by atoms with van der Waals surface area (Å²) in [4.78, 5) is 37.0. The molecule has 0 aromatic heterocycles. The van der Waals surface area contributed by atoms with Gasteiger partial charge in [-0.15, -0.1) is 0 Å². The van der Waals surface area contributed by atoms with Crippen molar-refractivity contribution in [3.05, 3.63) is 29.8 Å². The quantitative estimate of drug-likeness (QED) is 0.837. The van der Waals surface area contributed by atoms with E-state index in [9.17, 15) is 23.2 Å². The summed E-state index contributed by atoms with van der Waals surface area (Å²) in [6.45, 7) is -0.379. The second-order valence-electron chi connectivity index (χ2n) is 5.05. The molecule has 2 rings (SSSR count). The molecule has 8 heteroatoms. The molecule has 22 heavy (non-hydrogen) atoms. The monoisotopic (exact) mass is 312 g/mol. The molecule has 2 amide bonds. The zero-order valence-electron chi connectivity index (χ0n) is 11.8. The molecule has 1 aromatic rings. The number of carbonyl (C=O) groups is 3. The number of benzene rings is 1. The molecule has 1 atom stereocenters. The minimum atomic E-state index is -1.19. The summed E-state index contributed by atoms with van der Waals surface area (Å²) in [6, 6.07) is 2.71. The Hall–Kier alpha value is -2.51. The van der Waals surface area contributed by atoms with Crippen LogP contribution in [0, 0.1) is 17.6 Å². The number of hydrogen-bond donors (Lipinski definition) is 1. The molecule has 118 valence electrons. The van der Waals surface area contributed by atoms with Gasteiger partial charge in [-0.1, -0.05) is 0 Å². The first-order valence-corrected chi connectivity index (χ1v) is 6.54. The Bertz CT molecular complexity index is 615. The van der Waals surface area contributed by atoms with E-state index < -0.39 is 41.9 Å². The van der Waals surface area contributed by atoms with Crippen molar-refractivity contribution in [2.75, 3.05) is 25.0 Å². The summed E-state index contributed by atoms with van der Waals surface area (Å²) in [6.07, 6.45) is 0.166. The normalized spacial score (nSPS) is 17.7. The van der Waals surface area contributed by atoms with Crippen molar-refractivity contribution in [1.82, 2.24) is 4.90 Å². The smallest absolute Gasteiger partial charge is 0.323 e. The van der Waals surface area contributed by atoms with Gasteiger partial charge in [0, 0.05) is 25.3 Å². The van der Waals surface area contributed by atoms with Crippen LogP contribution in [-0.4, -0.2) is 47.9 Å². The number of carboxylic acids is 1. The second-order valence-corrected chi connectivity index (χ2v) is 5.05. The molecule has 1 aliphatic rings. The first kappa shape index (κ1) is 15.9. The molecule has 1 fully saturated rings. The van der Waals surface area contributed by atoms with Gasteiger partial charge in [0.05, 0.1) is 0 Å². The highest BCUT2D eigenvalue weighted by Crippen LogP contribution is 2.27. The minimum absolute atomic E-state index is 0.0405. The highest BCUT2D eigenvalue weighted by molar-refractivity contribution is 6.09. The Balaban J connectivity index is 2.15. The van der Waals surface area contributed by atoms with E-state index >= 15 is 0 Å². The minimum Gasteiger partial charge on any atom is -0.480 e. The third-order valence-electron chi connectivity index (χ3n) is 3.41. The number of hydrogen-bond acceptors (Lipinski definition) is 3. The highest BCUT2D eigenvalue weighted by Gasteiger charge is 2.39. The maximum absolute atomic E-state index is 13.2. The van der Waals surface area contributed by atoms with Gasteiger partial charge in [0.2, 0.25) is 11.8 Å². The van der Waals surface area contributed by atoms with E-state index in [-0.39, 0.29) is 18.7 Å². The van der Waals surface area contributed by atoms with Crippen LogP contribution in [0.15, 0.2) is 18.2 Å². The number of anilines is 1. The third-order valence-corrected chi connectivity index (χ3v) is 3.41. The van der Waals surface area contributed by atoms with Gasteiger partial charge in [-0.3, -0.25) is 14.4 Å². The topological polar surface area (TPSA) is 77.9 Å². The summed E-state index contributed by atoms with van der Waals surface area (Å²) >= 11 is 0. The predicted octanol–water partition coefficient (Wildman–Crippen LogP) is 0.861. The van der Waals surface area contributed by atoms with Crippen LogP contribution in [0.2, 0.25) is 0 Å². The lowest BCUT2D eigenvalue weighted by Crippen LogP contribution is -2.40. The van der Waals surface area contributed by atoms with E-state index in [1.54, 1.807) is 0 Å². The zero-order chi connectivity index (χ0) is 16.4. The Morgan fingerprint density at radius 1 is 1.32 bits per heavy atom. The number of carbonyl (C=O) groups excluding carboxylic acids is 2. The van der Waals surface area contributed by atoms with Crippen molar-refractivity contribution >= 4 is 23.5 Å². The van der Waals surface area contributed by atoms with Crippen molar-refractivity contribution in [2.24, 2.45) is 5.92 Å². The SMILES string of the molecule is CN(CC(=O)O)C(=O)[C@H]1CCN(c2cc(F)cc(F)c2)C1=O. The molecule has 0 spiro atoms. The molecule has 1 aromatic carbocycles. The van der Waals surface area contributed by atoms with Crippen LogP contribution >= 0.6 is 0 Å². The van der Waals surface area contributed by atoms with Gasteiger partial charge in [-0.2, -0.15) is 0 Å². The van der Waals surface area contributed by atoms with Crippen molar-refractivity contribution in [1.29, 1.82) is 0 Å². The lowest BCUT2D eigenvalue weighted by atomic mass is 10.1. The number of halogens is 2. The summed E-state index contributed by atoms with van der Waals surface area (Å²) in [7, 11) is 1.29. The first-order valence-electron chi connectivity index (χ1n) is 6.54. The van der Waals surface area contributed by atoms with Gasteiger partial charge in [-0.05, 0) is 18.6 Å². The van der Waals surface area contributed by atoms with Crippen LogP contribution in [0.5, 0.6) is 0 Å². The van der Waals surface area contributed by atoms with Crippen molar-refractivity contribution in [3.8, 4) is 0 Å². The summed E-state index contributed by atoms with van der Waals surface area (Å²) in [5, 5.41) is 8.66. The first-order chi connectivity index (χ1) is 10.3. The standard InChI is InChI=1S/C14H14F2N2O4/c1-17(7-12(19)20)13(21)11-2-3-18(14(11)22)10-5-8(15)4-9(16)6-10/h4-6,11H,2-3,7H2,1H3,(H,19,20)/t11-/m1/s1. The van der Waals surface area contributed by atoms with E-state index in [0.29, 0.717) is 6.07 Å². The van der Waals surface area contributed by atoms with Crippen molar-refractivity contribution in [3.63, 3.8) is 0 Å². The van der Waals surface area contributed by atoms with E-state index in [1.807, 2.05) is 0 Å². The van der Waals surface area contributed by atoms with Gasteiger partial charge >= 0.3 is 5.97 Å². The van der Waals surface area contributed by atoms with E-state index in [1.165, 1.54) is 7.05 Å². The van der Waals surface area contributed by atoms with Crippen LogP contribution in [0.1, 0.15) is 6.42 Å². The van der Waals surface area contributed by atoms with Crippen molar-refractivity contribution in [2.45, 2.75) is 6.42 Å². The van der Waals surface area contributed by atoms with E-state index in [0.717, 1.165) is 21.9 Å². The maximum atomic E-state index is 13.2. The summed E-state index contributed by atoms with van der Waals surface area (Å²) < 4.78 is 26.4. The molecule has 1 aliphatic heterocycles. The Labute approximate surface area is 124 Å². The molecular weight excluding hydrogens is 298 g/mol. The number of carboxylic acid groups (broad SMARTS) is 1. The average molecular weight is 312 g/mol. The molecule has 0 unspecified atom stereocenters. The third kappa shape index (κ3) is 3.21. The number of aliphatic carboxylic acids is 1. The number of amides is 2. The van der Waals surface area contributed by atoms with Gasteiger partial charge in [0.1, 0.15) is 24.1 Å². The van der Waals surface area contributed by atoms with Crippen LogP contribution < -0.4 is 4.90 Å². The summed E-state index contributed by atoms with van der Waals surface area (Å²) in [5.74, 6) is -5.07. The van der Waals surface area contributed by atoms with Crippen molar-refractivity contribution < 1.29 is 28.3 Å². The van der Waals surface area contributed by atoms with Crippen LogP contribution in [0.25, 0.3) is 0 Å². The fraction of sp³-hybridized carbons (Fsp3) is 0.357. The lowest BCUT2D eigenvalue weighted by molar-refractivity contribution is -0.146. The molecule has 6 nitrogen and oxygen atoms in total. The number of rotatable bonds is 4. The maximum Gasteiger partial charge on any atom is 0.323 e. The molecular formula is C14H14F2N2O4. The Morgan fingerprint density at radius 2 is 1.91 bits per heavy atom. The zero-order valence-corrected chi connectivity index (χ0v) is 11.8. The molecule has 1 heterocycles. The molecule has 1 N–H and O–H groups in total. The van der Waals surface area contributed by atoms with Crippen LogP contribution in [0.4, 0.5) is 14.5 Å². The van der Waals surface area contributed by atoms with Gasteiger partial charge in [0.15, 0.2) is 0 Å². The highest BCUT2D eigenvalue weighted by atomic mass is 19.1. The molecule has 0 saturated carbocycles. The molecule has 0 aliphatic carbocycles.